The van der Waals surface area contributed by atoms with Crippen LogP contribution in [0.2, 0.25) is 0 Å². The Morgan fingerprint density at radius 3 is 2.27 bits per heavy atom. The van der Waals surface area contributed by atoms with E-state index in [-0.39, 0.29) is 11.9 Å². The third kappa shape index (κ3) is 5.89. The van der Waals surface area contributed by atoms with Gasteiger partial charge in [-0.2, -0.15) is 0 Å². The first-order valence-electron chi connectivity index (χ1n) is 11.1. The minimum absolute atomic E-state index is 0.0798. The van der Waals surface area contributed by atoms with Crippen LogP contribution in [0.25, 0.3) is 0 Å². The van der Waals surface area contributed by atoms with Crippen molar-refractivity contribution in [3.63, 3.8) is 0 Å². The van der Waals surface area contributed by atoms with E-state index in [0.29, 0.717) is 30.1 Å². The van der Waals surface area contributed by atoms with E-state index in [2.05, 4.69) is 21.0 Å². The summed E-state index contributed by atoms with van der Waals surface area (Å²) in [4.78, 5) is 15.6. The van der Waals surface area contributed by atoms with E-state index in [1.54, 1.807) is 17.5 Å². The predicted octanol–water partition coefficient (Wildman–Crippen LogP) is 4.49. The van der Waals surface area contributed by atoms with Crippen LogP contribution in [0.5, 0.6) is 0 Å². The SMILES string of the molecule is Cc1cc(C)cc(NC(=O)[C@@H](c2ccccc2)N2CCC(NS(=O)(=O)c3cccs3)CC2)c1. The molecule has 1 atom stereocenters. The molecule has 0 spiro atoms. The number of hydrogen-bond acceptors (Lipinski definition) is 5. The average molecular weight is 484 g/mol. The smallest absolute Gasteiger partial charge is 0.250 e. The van der Waals surface area contributed by atoms with Crippen LogP contribution in [0.4, 0.5) is 5.69 Å². The molecule has 0 aliphatic carbocycles. The van der Waals surface area contributed by atoms with Gasteiger partial charge < -0.3 is 5.32 Å². The van der Waals surface area contributed by atoms with Gasteiger partial charge in [0.05, 0.1) is 0 Å². The average Bonchev–Trinajstić information content (AvgIpc) is 3.31. The zero-order valence-corrected chi connectivity index (χ0v) is 20.5. The van der Waals surface area contributed by atoms with Crippen LogP contribution >= 0.6 is 11.3 Å². The lowest BCUT2D eigenvalue weighted by Crippen LogP contribution is -2.47. The van der Waals surface area contributed by atoms with Gasteiger partial charge in [0.25, 0.3) is 0 Å². The van der Waals surface area contributed by atoms with Crippen molar-refractivity contribution < 1.29 is 13.2 Å². The van der Waals surface area contributed by atoms with Crippen LogP contribution in [-0.4, -0.2) is 38.4 Å². The fourth-order valence-electron chi connectivity index (χ4n) is 4.39. The summed E-state index contributed by atoms with van der Waals surface area (Å²) < 4.78 is 28.3. The van der Waals surface area contributed by atoms with Gasteiger partial charge in [-0.3, -0.25) is 9.69 Å². The molecule has 1 aromatic heterocycles. The number of thiophene rings is 1. The fraction of sp³-hybridized carbons (Fsp3) is 0.320. The zero-order valence-electron chi connectivity index (χ0n) is 18.8. The van der Waals surface area contributed by atoms with Crippen LogP contribution in [0, 0.1) is 13.8 Å². The van der Waals surface area contributed by atoms with E-state index in [1.807, 2.05) is 56.3 Å². The lowest BCUT2D eigenvalue weighted by Gasteiger charge is -2.37. The molecular weight excluding hydrogens is 454 g/mol. The highest BCUT2D eigenvalue weighted by Gasteiger charge is 2.32. The normalized spacial score (nSPS) is 16.4. The molecule has 1 amide bonds. The van der Waals surface area contributed by atoms with Crippen LogP contribution < -0.4 is 10.0 Å². The second-order valence-corrected chi connectivity index (χ2v) is 11.4. The molecule has 0 radical (unpaired) electrons. The number of piperidine rings is 1. The maximum atomic E-state index is 13.4. The highest BCUT2D eigenvalue weighted by atomic mass is 32.2. The summed E-state index contributed by atoms with van der Waals surface area (Å²) in [6.07, 6.45) is 1.29. The Bertz CT molecular complexity index is 1170. The molecule has 3 aromatic rings. The third-order valence-corrected chi connectivity index (χ3v) is 8.75. The molecule has 33 heavy (non-hydrogen) atoms. The Labute approximate surface area is 199 Å². The van der Waals surface area contributed by atoms with E-state index in [4.69, 9.17) is 0 Å². The van der Waals surface area contributed by atoms with Crippen LogP contribution in [-0.2, 0) is 14.8 Å². The molecule has 4 rings (SSSR count). The first-order valence-corrected chi connectivity index (χ1v) is 13.4. The van der Waals surface area contributed by atoms with Crippen molar-refractivity contribution in [3.8, 4) is 0 Å². The number of amides is 1. The first-order chi connectivity index (χ1) is 15.8. The Morgan fingerprint density at radius 1 is 1.00 bits per heavy atom. The largest absolute Gasteiger partial charge is 0.324 e. The highest BCUT2D eigenvalue weighted by Crippen LogP contribution is 2.28. The molecule has 1 saturated heterocycles. The number of carbonyl (C=O) groups excluding carboxylic acids is 1. The molecule has 2 aromatic carbocycles. The summed E-state index contributed by atoms with van der Waals surface area (Å²) in [7, 11) is -3.50. The van der Waals surface area contributed by atoms with Gasteiger partial charge in [0.1, 0.15) is 10.3 Å². The van der Waals surface area contributed by atoms with E-state index < -0.39 is 16.1 Å². The van der Waals surface area contributed by atoms with Crippen molar-refractivity contribution in [2.24, 2.45) is 0 Å². The number of likely N-dealkylation sites (tertiary alicyclic amines) is 1. The van der Waals surface area contributed by atoms with E-state index in [9.17, 15) is 13.2 Å². The Hall–Kier alpha value is -2.52. The summed E-state index contributed by atoms with van der Waals surface area (Å²) in [5.74, 6) is -0.0798. The van der Waals surface area contributed by atoms with Gasteiger partial charge in [0.2, 0.25) is 15.9 Å². The zero-order chi connectivity index (χ0) is 23.4. The molecule has 2 N–H and O–H groups in total. The van der Waals surface area contributed by atoms with E-state index in [1.165, 1.54) is 11.3 Å². The van der Waals surface area contributed by atoms with Gasteiger partial charge in [0.15, 0.2) is 0 Å². The number of rotatable bonds is 7. The number of aryl methyl sites for hydroxylation is 2. The summed E-state index contributed by atoms with van der Waals surface area (Å²) in [6, 6.07) is 18.5. The first kappa shape index (κ1) is 23.6. The minimum atomic E-state index is -3.50. The van der Waals surface area contributed by atoms with Crippen molar-refractivity contribution in [3.05, 3.63) is 82.7 Å². The molecule has 1 aliphatic heterocycles. The molecule has 2 heterocycles. The van der Waals surface area contributed by atoms with Crippen molar-refractivity contribution in [2.45, 2.75) is 43.0 Å². The number of nitrogens with one attached hydrogen (secondary N) is 2. The summed E-state index contributed by atoms with van der Waals surface area (Å²) in [6.45, 7) is 5.27. The molecule has 1 aliphatic rings. The molecule has 0 unspecified atom stereocenters. The van der Waals surface area contributed by atoms with Crippen LogP contribution in [0.15, 0.2) is 70.3 Å². The Balaban J connectivity index is 1.48. The second-order valence-electron chi connectivity index (χ2n) is 8.54. The lowest BCUT2D eigenvalue weighted by atomic mass is 9.99. The topological polar surface area (TPSA) is 78.5 Å². The predicted molar refractivity (Wildman–Crippen MR) is 133 cm³/mol. The highest BCUT2D eigenvalue weighted by molar-refractivity contribution is 7.91. The van der Waals surface area contributed by atoms with Gasteiger partial charge in [-0.25, -0.2) is 13.1 Å². The maximum Gasteiger partial charge on any atom is 0.250 e. The van der Waals surface area contributed by atoms with Gasteiger partial charge in [-0.1, -0.05) is 42.5 Å². The molecular formula is C25H29N3O3S2. The van der Waals surface area contributed by atoms with Gasteiger partial charge in [0, 0.05) is 24.8 Å². The quantitative estimate of drug-likeness (QED) is 0.519. The number of nitrogens with zero attached hydrogens (tertiary/aromatic N) is 1. The molecule has 0 bridgehead atoms. The number of sulfonamides is 1. The van der Waals surface area contributed by atoms with Crippen molar-refractivity contribution >= 4 is 33.0 Å². The minimum Gasteiger partial charge on any atom is -0.324 e. The maximum absolute atomic E-state index is 13.4. The Morgan fingerprint density at radius 2 is 1.67 bits per heavy atom. The summed E-state index contributed by atoms with van der Waals surface area (Å²) in [5, 5.41) is 4.86. The number of benzene rings is 2. The summed E-state index contributed by atoms with van der Waals surface area (Å²) >= 11 is 1.21. The summed E-state index contributed by atoms with van der Waals surface area (Å²) in [5.41, 5.74) is 3.91. The third-order valence-electron chi connectivity index (χ3n) is 5.83. The molecule has 8 heteroatoms. The second kappa shape index (κ2) is 10.2. The van der Waals surface area contributed by atoms with E-state index in [0.717, 1.165) is 22.4 Å². The van der Waals surface area contributed by atoms with Gasteiger partial charge in [-0.05, 0) is 67.0 Å². The van der Waals surface area contributed by atoms with Crippen molar-refractivity contribution in [1.82, 2.24) is 9.62 Å². The van der Waals surface area contributed by atoms with Crippen molar-refractivity contribution in [2.75, 3.05) is 18.4 Å². The van der Waals surface area contributed by atoms with Crippen LogP contribution in [0.3, 0.4) is 0 Å². The lowest BCUT2D eigenvalue weighted by molar-refractivity contribution is -0.122. The fourth-order valence-corrected chi connectivity index (χ4v) is 6.70. The monoisotopic (exact) mass is 483 g/mol. The van der Waals surface area contributed by atoms with Gasteiger partial charge in [-0.15, -0.1) is 11.3 Å². The molecule has 6 nitrogen and oxygen atoms in total. The molecule has 0 saturated carbocycles. The number of carbonyl (C=O) groups is 1. The van der Waals surface area contributed by atoms with E-state index >= 15 is 0 Å². The number of hydrogen-bond donors (Lipinski definition) is 2. The van der Waals surface area contributed by atoms with Crippen molar-refractivity contribution in [1.29, 1.82) is 0 Å². The Kier molecular flexibility index (Phi) is 7.29. The number of anilines is 1. The standard InChI is InChI=1S/C25H29N3O3S2/c1-18-15-19(2)17-22(16-18)26-25(29)24(20-7-4-3-5-8-20)28-12-10-21(11-13-28)27-33(30,31)23-9-6-14-32-23/h3-9,14-17,21,24,27H,10-13H2,1-2H3,(H,26,29)/t24-/m1/s1. The molecule has 1 fully saturated rings. The van der Waals surface area contributed by atoms with Gasteiger partial charge >= 0.3 is 0 Å². The molecule has 174 valence electrons. The van der Waals surface area contributed by atoms with Crippen LogP contribution in [0.1, 0.15) is 35.6 Å².